The van der Waals surface area contributed by atoms with Gasteiger partial charge in [-0.2, -0.15) is 4.31 Å². The number of halogens is 1. The first kappa shape index (κ1) is 29.7. The van der Waals surface area contributed by atoms with Crippen molar-refractivity contribution in [2.45, 2.75) is 32.4 Å². The summed E-state index contributed by atoms with van der Waals surface area (Å²) in [6.45, 7) is 5.27. The fourth-order valence-electron chi connectivity index (χ4n) is 4.39. The summed E-state index contributed by atoms with van der Waals surface area (Å²) in [7, 11) is -3.75. The Hall–Kier alpha value is -3.29. The third-order valence-electron chi connectivity index (χ3n) is 7.07. The second-order valence-corrected chi connectivity index (χ2v) is 13.3. The van der Waals surface area contributed by atoms with Crippen molar-refractivity contribution in [3.8, 4) is 0 Å². The van der Waals surface area contributed by atoms with E-state index in [2.05, 4.69) is 28.2 Å². The number of hydrogen-bond acceptors (Lipinski definition) is 7. The van der Waals surface area contributed by atoms with Crippen molar-refractivity contribution in [3.63, 3.8) is 0 Å². The van der Waals surface area contributed by atoms with Gasteiger partial charge in [0, 0.05) is 43.3 Å². The summed E-state index contributed by atoms with van der Waals surface area (Å²) in [4.78, 5) is 25.9. The lowest BCUT2D eigenvalue weighted by atomic mass is 10.1. The Kier molecular flexibility index (Phi) is 8.96. The largest absolute Gasteiger partial charge is 0.486 e. The predicted octanol–water partition coefficient (Wildman–Crippen LogP) is 2.61. The van der Waals surface area contributed by atoms with Crippen LogP contribution in [0.2, 0.25) is 0 Å². The van der Waals surface area contributed by atoms with Crippen LogP contribution in [-0.4, -0.2) is 67.5 Å². The average Bonchev–Trinajstić information content (AvgIpc) is 3.64. The molecule has 0 atom stereocenters. The molecule has 1 aliphatic heterocycles. The van der Waals surface area contributed by atoms with Crippen LogP contribution in [0.3, 0.4) is 0 Å². The molecule has 0 bridgehead atoms. The number of aryl methyl sites for hydroxylation is 1. The minimum absolute atomic E-state index is 0.0173. The van der Waals surface area contributed by atoms with E-state index in [0.29, 0.717) is 23.6 Å². The molecule has 3 N–H and O–H groups in total. The van der Waals surface area contributed by atoms with Crippen LogP contribution < -0.4 is 10.7 Å². The van der Waals surface area contributed by atoms with Gasteiger partial charge in [0.25, 0.3) is 11.6 Å². The van der Waals surface area contributed by atoms with Crippen LogP contribution in [0.25, 0.3) is 0 Å². The fraction of sp³-hybridized carbons (Fsp3) is 0.407. The van der Waals surface area contributed by atoms with Gasteiger partial charge in [0.05, 0.1) is 21.8 Å². The molecule has 0 unspecified atom stereocenters. The number of benzene rings is 2. The summed E-state index contributed by atoms with van der Waals surface area (Å²) in [5.74, 6) is -0.701. The summed E-state index contributed by atoms with van der Waals surface area (Å²) in [5.41, 5.74) is 2.17. The smallest absolute Gasteiger partial charge is 0.293 e. The van der Waals surface area contributed by atoms with Crippen LogP contribution in [0, 0.1) is 22.5 Å². The first-order valence-electron chi connectivity index (χ1n) is 12.9. The molecule has 2 aliphatic rings. The molecule has 40 heavy (non-hydrogen) atoms. The number of ether oxygens (including phenoxy) is 1. The highest BCUT2D eigenvalue weighted by atomic mass is 79.9. The number of amides is 1. The zero-order valence-electron chi connectivity index (χ0n) is 22.4. The average molecular weight is 636 g/mol. The van der Waals surface area contributed by atoms with Gasteiger partial charge in [-0.05, 0) is 65.0 Å². The molecule has 1 aliphatic carbocycles. The molecule has 4 rings (SSSR count). The van der Waals surface area contributed by atoms with E-state index in [0.717, 1.165) is 18.4 Å². The van der Waals surface area contributed by atoms with E-state index >= 15 is 0 Å². The van der Waals surface area contributed by atoms with Crippen molar-refractivity contribution in [3.05, 3.63) is 79.6 Å². The number of hydrogen-bond donors (Lipinski definition) is 2. The molecule has 2 fully saturated rings. The summed E-state index contributed by atoms with van der Waals surface area (Å²) < 4.78 is 34.0. The lowest BCUT2D eigenvalue weighted by Gasteiger charge is -2.35. The number of carbonyl (C=O) groups excluding carboxylic acids is 1. The number of allylic oxidation sites excluding steroid dienone is 1. The molecule has 2 aromatic rings. The van der Waals surface area contributed by atoms with E-state index in [1.54, 1.807) is 12.1 Å². The first-order chi connectivity index (χ1) is 18.9. The highest BCUT2D eigenvalue weighted by Crippen LogP contribution is 2.45. The third kappa shape index (κ3) is 7.26. The number of nitro groups is 1. The molecule has 13 heteroatoms. The second-order valence-electron chi connectivity index (χ2n) is 10.5. The van der Waals surface area contributed by atoms with Crippen LogP contribution in [-0.2, 0) is 25.3 Å². The Morgan fingerprint density at radius 2 is 1.90 bits per heavy atom. The predicted molar refractivity (Wildman–Crippen MR) is 155 cm³/mol. The van der Waals surface area contributed by atoms with E-state index < -0.39 is 20.9 Å². The van der Waals surface area contributed by atoms with Crippen molar-refractivity contribution < 1.29 is 28.3 Å². The molecule has 11 nitrogen and oxygen atoms in total. The normalized spacial score (nSPS) is 17.5. The molecular weight excluding hydrogens is 602 g/mol. The van der Waals surface area contributed by atoms with Crippen molar-refractivity contribution >= 4 is 49.4 Å². The van der Waals surface area contributed by atoms with Crippen molar-refractivity contribution in [2.75, 3.05) is 38.1 Å². The van der Waals surface area contributed by atoms with E-state index in [1.807, 2.05) is 30.0 Å². The highest BCUT2D eigenvalue weighted by Gasteiger charge is 2.39. The van der Waals surface area contributed by atoms with Gasteiger partial charge in [-0.15, -0.1) is 0 Å². The topological polar surface area (TPSA) is 148 Å². The Morgan fingerprint density at radius 1 is 1.20 bits per heavy atom. The number of carbonyl (C=O) groups is 1. The lowest BCUT2D eigenvalue weighted by molar-refractivity contribution is -0.385. The summed E-state index contributed by atoms with van der Waals surface area (Å²) in [6, 6.07) is 11.7. The molecule has 1 saturated carbocycles. The SMILES string of the molecule is Cc1cccc(NC(=O)/C(OCC2(C)CC2)=C(\C=[NH2+])N2CCN(S(=O)(=O)Cc3ccc(Br)c([N+](=O)[O-])c3)CC2)c1. The van der Waals surface area contributed by atoms with Crippen LogP contribution in [0.15, 0.2) is 58.4 Å². The van der Waals surface area contributed by atoms with Gasteiger partial charge in [-0.1, -0.05) is 25.1 Å². The Morgan fingerprint density at radius 3 is 2.50 bits per heavy atom. The molecule has 0 aromatic heterocycles. The number of rotatable bonds is 11. The summed E-state index contributed by atoms with van der Waals surface area (Å²) >= 11 is 3.12. The number of piperazine rings is 1. The lowest BCUT2D eigenvalue weighted by Crippen LogP contribution is -2.50. The summed E-state index contributed by atoms with van der Waals surface area (Å²) in [6.07, 6.45) is 3.35. The highest BCUT2D eigenvalue weighted by molar-refractivity contribution is 9.10. The fourth-order valence-corrected chi connectivity index (χ4v) is 6.29. The molecule has 0 spiro atoms. The number of nitrogens with two attached hydrogens (primary N) is 1. The molecule has 2 aromatic carbocycles. The number of nitro benzene ring substituents is 1. The zero-order valence-corrected chi connectivity index (χ0v) is 24.8. The van der Waals surface area contributed by atoms with E-state index in [9.17, 15) is 23.3 Å². The monoisotopic (exact) mass is 634 g/mol. The second kappa shape index (κ2) is 12.1. The van der Waals surface area contributed by atoms with Gasteiger partial charge in [-0.25, -0.2) is 8.42 Å². The zero-order chi connectivity index (χ0) is 29.1. The molecule has 1 saturated heterocycles. The van der Waals surface area contributed by atoms with Gasteiger partial charge >= 0.3 is 0 Å². The number of nitrogens with one attached hydrogen (secondary N) is 1. The Balaban J connectivity index is 1.50. The first-order valence-corrected chi connectivity index (χ1v) is 15.3. The van der Waals surface area contributed by atoms with E-state index in [-0.39, 0.29) is 53.3 Å². The van der Waals surface area contributed by atoms with Crippen molar-refractivity contribution in [1.29, 1.82) is 0 Å². The van der Waals surface area contributed by atoms with Crippen molar-refractivity contribution in [2.24, 2.45) is 5.41 Å². The standard InChI is InChI=1S/C27H32BrN5O6S/c1-19-4-3-5-21(14-19)30-26(34)25(39-18-27(2)8-9-27)24(16-29)31-10-12-32(13-11-31)40(37,38)17-20-6-7-22(28)23(15-20)33(35)36/h3-7,14-16,29H,8-13,17-18H2,1-2H3,(H,30,34)/p+1/b25-24-,29-16?. The maximum Gasteiger partial charge on any atom is 0.293 e. The maximum absolute atomic E-state index is 13.4. The van der Waals surface area contributed by atoms with Crippen molar-refractivity contribution in [1.82, 2.24) is 9.21 Å². The van der Waals surface area contributed by atoms with Gasteiger partial charge in [-0.3, -0.25) is 20.3 Å². The van der Waals surface area contributed by atoms with Gasteiger partial charge in [0.15, 0.2) is 6.21 Å². The van der Waals surface area contributed by atoms with Crippen LogP contribution >= 0.6 is 15.9 Å². The van der Waals surface area contributed by atoms with Crippen LogP contribution in [0.5, 0.6) is 0 Å². The van der Waals surface area contributed by atoms with Gasteiger partial charge in [0.1, 0.15) is 5.70 Å². The van der Waals surface area contributed by atoms with Gasteiger partial charge in [0.2, 0.25) is 15.8 Å². The molecule has 1 amide bonds. The van der Waals surface area contributed by atoms with E-state index in [4.69, 9.17) is 10.1 Å². The number of sulfonamides is 1. The molecule has 0 radical (unpaired) electrons. The molecule has 1 heterocycles. The quantitative estimate of drug-likeness (QED) is 0.127. The Labute approximate surface area is 242 Å². The maximum atomic E-state index is 13.4. The summed E-state index contributed by atoms with van der Waals surface area (Å²) in [5, 5.41) is 20.2. The van der Waals surface area contributed by atoms with E-state index in [1.165, 1.54) is 22.7 Å². The molecular formula is C27H33BrN5O6S+. The number of nitrogens with zero attached hydrogens (tertiary/aromatic N) is 3. The Bertz CT molecular complexity index is 1450. The van der Waals surface area contributed by atoms with Crippen LogP contribution in [0.1, 0.15) is 30.9 Å². The third-order valence-corrected chi connectivity index (χ3v) is 9.59. The minimum atomic E-state index is -3.75. The van der Waals surface area contributed by atoms with Crippen LogP contribution in [0.4, 0.5) is 11.4 Å². The van der Waals surface area contributed by atoms with Gasteiger partial charge < -0.3 is 15.0 Å². The molecule has 214 valence electrons. The number of anilines is 1. The minimum Gasteiger partial charge on any atom is -0.486 e.